The van der Waals surface area contributed by atoms with Crippen LogP contribution in [0.5, 0.6) is 5.75 Å². The summed E-state index contributed by atoms with van der Waals surface area (Å²) >= 11 is 0. The summed E-state index contributed by atoms with van der Waals surface area (Å²) in [5, 5.41) is 0. The molecule has 0 radical (unpaired) electrons. The average molecular weight is 363 g/mol. The van der Waals surface area contributed by atoms with Crippen molar-refractivity contribution in [3.8, 4) is 5.75 Å². The number of halogens is 1. The van der Waals surface area contributed by atoms with Crippen molar-refractivity contribution < 1.29 is 23.5 Å². The first-order valence-corrected chi connectivity index (χ1v) is 9.07. The van der Waals surface area contributed by atoms with E-state index in [-0.39, 0.29) is 25.0 Å². The molecule has 0 atom stereocenters. The lowest BCUT2D eigenvalue weighted by atomic mass is 9.98. The van der Waals surface area contributed by atoms with E-state index >= 15 is 0 Å². The van der Waals surface area contributed by atoms with Crippen molar-refractivity contribution in [3.05, 3.63) is 41.2 Å². The molecule has 2 rings (SSSR count). The lowest BCUT2D eigenvalue weighted by Gasteiger charge is -2.28. The van der Waals surface area contributed by atoms with E-state index in [1.54, 1.807) is 12.1 Å². The maximum atomic E-state index is 12.6. The topological polar surface area (TPSA) is 55.8 Å². The third kappa shape index (κ3) is 5.31. The van der Waals surface area contributed by atoms with Crippen LogP contribution in [0.2, 0.25) is 0 Å². The molecular weight excluding hydrogens is 337 g/mol. The molecule has 1 aromatic rings. The zero-order valence-electron chi connectivity index (χ0n) is 15.4. The van der Waals surface area contributed by atoms with Crippen LogP contribution in [-0.2, 0) is 16.0 Å². The van der Waals surface area contributed by atoms with Crippen LogP contribution in [0.1, 0.15) is 49.0 Å². The van der Waals surface area contributed by atoms with Crippen LogP contribution in [0.3, 0.4) is 0 Å². The molecule has 0 fully saturated rings. The Morgan fingerprint density at radius 3 is 2.85 bits per heavy atom. The Balaban J connectivity index is 1.96. The number of amides is 1. The van der Waals surface area contributed by atoms with Gasteiger partial charge in [0.1, 0.15) is 18.9 Å². The second-order valence-electron chi connectivity index (χ2n) is 6.28. The van der Waals surface area contributed by atoms with E-state index in [0.29, 0.717) is 49.2 Å². The molecule has 1 aliphatic rings. The molecule has 0 spiro atoms. The maximum absolute atomic E-state index is 12.6. The van der Waals surface area contributed by atoms with Gasteiger partial charge in [0, 0.05) is 12.1 Å². The summed E-state index contributed by atoms with van der Waals surface area (Å²) in [6.07, 6.45) is 3.57. The van der Waals surface area contributed by atoms with Crippen LogP contribution in [0, 0.1) is 0 Å². The fourth-order valence-electron chi connectivity index (χ4n) is 2.67. The van der Waals surface area contributed by atoms with E-state index in [4.69, 9.17) is 9.47 Å². The smallest absolute Gasteiger partial charge is 0.325 e. The van der Waals surface area contributed by atoms with E-state index in [9.17, 15) is 14.0 Å². The Morgan fingerprint density at radius 1 is 1.35 bits per heavy atom. The van der Waals surface area contributed by atoms with Crippen molar-refractivity contribution in [2.75, 3.05) is 26.3 Å². The molecule has 1 heterocycles. The highest BCUT2D eigenvalue weighted by atomic mass is 19.1. The van der Waals surface area contributed by atoms with Gasteiger partial charge in [0.2, 0.25) is 0 Å². The van der Waals surface area contributed by atoms with E-state index in [1.807, 2.05) is 19.9 Å². The summed E-state index contributed by atoms with van der Waals surface area (Å²) in [4.78, 5) is 25.9. The van der Waals surface area contributed by atoms with E-state index in [0.717, 1.165) is 18.4 Å². The molecule has 26 heavy (non-hydrogen) atoms. The average Bonchev–Trinajstić information content (AvgIpc) is 2.65. The van der Waals surface area contributed by atoms with Crippen LogP contribution in [0.15, 0.2) is 30.1 Å². The lowest BCUT2D eigenvalue weighted by molar-refractivity contribution is -0.144. The van der Waals surface area contributed by atoms with Crippen molar-refractivity contribution in [3.63, 3.8) is 0 Å². The summed E-state index contributed by atoms with van der Waals surface area (Å²) in [6, 6.07) is 5.22. The molecule has 0 saturated heterocycles. The van der Waals surface area contributed by atoms with Gasteiger partial charge in [0.25, 0.3) is 5.91 Å². The Bertz CT molecular complexity index is 672. The van der Waals surface area contributed by atoms with Crippen molar-refractivity contribution >= 4 is 11.9 Å². The predicted octanol–water partition coefficient (Wildman–Crippen LogP) is 3.67. The van der Waals surface area contributed by atoms with E-state index < -0.39 is 0 Å². The molecule has 5 nitrogen and oxygen atoms in total. The van der Waals surface area contributed by atoms with Gasteiger partial charge in [0.15, 0.2) is 0 Å². The van der Waals surface area contributed by atoms with Gasteiger partial charge in [-0.3, -0.25) is 9.59 Å². The van der Waals surface area contributed by atoms with Crippen molar-refractivity contribution in [2.45, 2.75) is 39.5 Å². The summed E-state index contributed by atoms with van der Waals surface area (Å²) < 4.78 is 23.3. The Morgan fingerprint density at radius 2 is 2.15 bits per heavy atom. The number of benzene rings is 1. The molecule has 0 saturated carbocycles. The zero-order chi connectivity index (χ0) is 18.9. The van der Waals surface area contributed by atoms with Gasteiger partial charge in [-0.25, -0.2) is 4.39 Å². The summed E-state index contributed by atoms with van der Waals surface area (Å²) in [7, 11) is 0. The highest BCUT2D eigenvalue weighted by Gasteiger charge is 2.26. The first-order chi connectivity index (χ1) is 12.6. The lowest BCUT2D eigenvalue weighted by Crippen LogP contribution is -2.41. The fraction of sp³-hybridized carbons (Fsp3) is 0.500. The first kappa shape index (κ1) is 19.9. The van der Waals surface area contributed by atoms with Crippen molar-refractivity contribution in [2.24, 2.45) is 0 Å². The number of hydrogen-bond donors (Lipinski definition) is 0. The number of carbonyl (C=O) groups is 2. The number of fused-ring (bicyclic) bond motifs is 1. The number of rotatable bonds is 9. The molecule has 6 heteroatoms. The molecule has 1 amide bonds. The number of hydrogen-bond acceptors (Lipinski definition) is 4. The zero-order valence-corrected chi connectivity index (χ0v) is 15.4. The minimum Gasteiger partial charge on any atom is -0.489 e. The van der Waals surface area contributed by atoms with Gasteiger partial charge in [-0.15, -0.1) is 0 Å². The number of nitrogens with zero attached hydrogens (tertiary/aromatic N) is 1. The van der Waals surface area contributed by atoms with Crippen LogP contribution >= 0.6 is 0 Å². The van der Waals surface area contributed by atoms with E-state index in [1.165, 1.54) is 4.90 Å². The minimum absolute atomic E-state index is 0.0264. The van der Waals surface area contributed by atoms with Crippen molar-refractivity contribution in [1.82, 2.24) is 4.90 Å². The standard InChI is InChI=1S/C20H26FNO4/c1-3-5-10-25-19(23)13-22-9-8-16-11-17(6-7-18(16)20(22)24)26-14-15(4-2)12-21/h6-7,11-12H,3-5,8-10,13-14H2,1-2H3/b15-12+. The normalized spacial score (nSPS) is 14.2. The van der Waals surface area contributed by atoms with Gasteiger partial charge >= 0.3 is 5.97 Å². The van der Waals surface area contributed by atoms with Crippen LogP contribution < -0.4 is 4.74 Å². The molecule has 142 valence electrons. The van der Waals surface area contributed by atoms with Gasteiger partial charge in [-0.1, -0.05) is 20.3 Å². The molecule has 1 aromatic carbocycles. The van der Waals surface area contributed by atoms with Gasteiger partial charge in [0.05, 0.1) is 12.9 Å². The molecule has 0 aliphatic carbocycles. The monoisotopic (exact) mass is 363 g/mol. The van der Waals surface area contributed by atoms with Gasteiger partial charge < -0.3 is 14.4 Å². The molecule has 0 bridgehead atoms. The number of ether oxygens (including phenoxy) is 2. The molecule has 0 unspecified atom stereocenters. The molecule has 0 aromatic heterocycles. The van der Waals surface area contributed by atoms with Crippen LogP contribution in [-0.4, -0.2) is 43.1 Å². The Kier molecular flexibility index (Phi) is 7.63. The SMILES string of the molecule is CCCCOC(=O)CN1CCc2cc(OC/C(=C/F)CC)ccc2C1=O. The maximum Gasteiger partial charge on any atom is 0.325 e. The summed E-state index contributed by atoms with van der Waals surface area (Å²) in [5.41, 5.74) is 2.03. The Hall–Kier alpha value is -2.37. The molecule has 0 N–H and O–H groups in total. The van der Waals surface area contributed by atoms with Crippen LogP contribution in [0.25, 0.3) is 0 Å². The summed E-state index contributed by atoms with van der Waals surface area (Å²) in [6.45, 7) is 4.90. The highest BCUT2D eigenvalue weighted by Crippen LogP contribution is 2.24. The highest BCUT2D eigenvalue weighted by molar-refractivity contribution is 5.98. The quantitative estimate of drug-likeness (QED) is 0.496. The Labute approximate surface area is 153 Å². The van der Waals surface area contributed by atoms with Crippen LogP contribution in [0.4, 0.5) is 4.39 Å². The molecular formula is C20H26FNO4. The third-order valence-corrected chi connectivity index (χ3v) is 4.36. The first-order valence-electron chi connectivity index (χ1n) is 9.07. The number of esters is 1. The third-order valence-electron chi connectivity index (χ3n) is 4.36. The van der Waals surface area contributed by atoms with Gasteiger partial charge in [-0.05, 0) is 48.6 Å². The largest absolute Gasteiger partial charge is 0.489 e. The minimum atomic E-state index is -0.375. The second kappa shape index (κ2) is 9.94. The van der Waals surface area contributed by atoms with E-state index in [2.05, 4.69) is 0 Å². The van der Waals surface area contributed by atoms with Gasteiger partial charge in [-0.2, -0.15) is 0 Å². The number of carbonyl (C=O) groups excluding carboxylic acids is 2. The second-order valence-corrected chi connectivity index (χ2v) is 6.28. The summed E-state index contributed by atoms with van der Waals surface area (Å²) in [5.74, 6) is 0.0558. The fourth-order valence-corrected chi connectivity index (χ4v) is 2.67. The van der Waals surface area contributed by atoms with Crippen molar-refractivity contribution in [1.29, 1.82) is 0 Å². The predicted molar refractivity (Wildman–Crippen MR) is 96.9 cm³/mol. The number of unbranched alkanes of at least 4 members (excludes halogenated alkanes) is 1. The molecule has 1 aliphatic heterocycles.